The third-order valence-electron chi connectivity index (χ3n) is 3.00. The molecule has 0 amide bonds. The third kappa shape index (κ3) is 3.54. The quantitative estimate of drug-likeness (QED) is 0.819. The average Bonchev–Trinajstić information content (AvgIpc) is 2.54. The Morgan fingerprint density at radius 1 is 1.35 bits per heavy atom. The molecular formula is C11H21N3O2S. The van der Waals surface area contributed by atoms with Crippen molar-refractivity contribution in [2.24, 2.45) is 5.73 Å². The second kappa shape index (κ2) is 5.64. The maximum absolute atomic E-state index is 11.4. The van der Waals surface area contributed by atoms with Gasteiger partial charge in [-0.3, -0.25) is 4.68 Å². The Morgan fingerprint density at radius 3 is 2.47 bits per heavy atom. The predicted octanol–water partition coefficient (Wildman–Crippen LogP) is 0.783. The highest BCUT2D eigenvalue weighted by atomic mass is 32.2. The van der Waals surface area contributed by atoms with Gasteiger partial charge in [0, 0.05) is 30.1 Å². The minimum atomic E-state index is -2.88. The molecule has 1 aromatic rings. The normalized spacial score (nSPS) is 12.0. The van der Waals surface area contributed by atoms with Crippen LogP contribution in [0.15, 0.2) is 0 Å². The molecule has 98 valence electrons. The summed E-state index contributed by atoms with van der Waals surface area (Å²) in [7, 11) is -2.88. The smallest absolute Gasteiger partial charge is 0.150 e. The van der Waals surface area contributed by atoms with Gasteiger partial charge in [-0.2, -0.15) is 5.10 Å². The van der Waals surface area contributed by atoms with Crippen LogP contribution in [0.1, 0.15) is 30.3 Å². The minimum absolute atomic E-state index is 0.207. The van der Waals surface area contributed by atoms with Crippen LogP contribution in [0.5, 0.6) is 0 Å². The summed E-state index contributed by atoms with van der Waals surface area (Å²) in [4.78, 5) is 0. The number of rotatable bonds is 6. The molecule has 2 N–H and O–H groups in total. The van der Waals surface area contributed by atoms with E-state index in [9.17, 15) is 8.42 Å². The van der Waals surface area contributed by atoms with Crippen LogP contribution in [-0.2, 0) is 22.9 Å². The van der Waals surface area contributed by atoms with Gasteiger partial charge in [0.2, 0.25) is 0 Å². The highest BCUT2D eigenvalue weighted by Gasteiger charge is 2.11. The fourth-order valence-corrected chi connectivity index (χ4v) is 2.68. The SMILES string of the molecule is CCS(=O)(=O)CCCn1nc(C)c(CN)c1C. The molecule has 0 spiro atoms. The Bertz CT molecular complexity index is 477. The first-order valence-electron chi connectivity index (χ1n) is 5.84. The summed E-state index contributed by atoms with van der Waals surface area (Å²) in [5, 5.41) is 4.37. The van der Waals surface area contributed by atoms with E-state index in [1.165, 1.54) is 0 Å². The lowest BCUT2D eigenvalue weighted by molar-refractivity contribution is 0.564. The maximum atomic E-state index is 11.4. The Kier molecular flexibility index (Phi) is 4.70. The number of sulfone groups is 1. The average molecular weight is 259 g/mol. The molecule has 1 aromatic heterocycles. The minimum Gasteiger partial charge on any atom is -0.326 e. The summed E-state index contributed by atoms with van der Waals surface area (Å²) in [5.74, 6) is 0.429. The molecule has 17 heavy (non-hydrogen) atoms. The predicted molar refractivity (Wildman–Crippen MR) is 68.5 cm³/mol. The molecule has 0 aliphatic carbocycles. The van der Waals surface area contributed by atoms with Crippen molar-refractivity contribution in [2.45, 2.75) is 40.3 Å². The Hall–Kier alpha value is -0.880. The van der Waals surface area contributed by atoms with Crippen molar-refractivity contribution in [2.75, 3.05) is 11.5 Å². The van der Waals surface area contributed by atoms with Crippen molar-refractivity contribution in [1.29, 1.82) is 0 Å². The fraction of sp³-hybridized carbons (Fsp3) is 0.727. The molecular weight excluding hydrogens is 238 g/mol. The van der Waals surface area contributed by atoms with Gasteiger partial charge in [0.25, 0.3) is 0 Å². The van der Waals surface area contributed by atoms with Crippen LogP contribution in [0.25, 0.3) is 0 Å². The summed E-state index contributed by atoms with van der Waals surface area (Å²) in [5.41, 5.74) is 8.67. The van der Waals surface area contributed by atoms with Crippen LogP contribution in [0.2, 0.25) is 0 Å². The highest BCUT2D eigenvalue weighted by molar-refractivity contribution is 7.91. The molecule has 0 atom stereocenters. The van der Waals surface area contributed by atoms with Crippen molar-refractivity contribution in [3.63, 3.8) is 0 Å². The number of hydrogen-bond acceptors (Lipinski definition) is 4. The zero-order valence-electron chi connectivity index (χ0n) is 10.7. The molecule has 0 aromatic carbocycles. The standard InChI is InChI=1S/C11H21N3O2S/c1-4-17(15,16)7-5-6-14-10(3)11(8-12)9(2)13-14/h4-8,12H2,1-3H3. The number of aromatic nitrogens is 2. The molecule has 0 saturated heterocycles. The van der Waals surface area contributed by atoms with Crippen LogP contribution in [0, 0.1) is 13.8 Å². The van der Waals surface area contributed by atoms with Gasteiger partial charge in [0.05, 0.1) is 11.4 Å². The zero-order chi connectivity index (χ0) is 13.1. The summed E-state index contributed by atoms with van der Waals surface area (Å²) in [6.45, 7) is 6.67. The van der Waals surface area contributed by atoms with Gasteiger partial charge in [-0.1, -0.05) is 6.92 Å². The number of aryl methyl sites for hydroxylation is 2. The molecule has 0 aliphatic rings. The van der Waals surface area contributed by atoms with Crippen molar-refractivity contribution in [1.82, 2.24) is 9.78 Å². The molecule has 0 unspecified atom stereocenters. The number of nitrogens with zero attached hydrogens (tertiary/aromatic N) is 2. The van der Waals surface area contributed by atoms with E-state index in [4.69, 9.17) is 5.73 Å². The molecule has 0 aliphatic heterocycles. The van der Waals surface area contributed by atoms with Gasteiger partial charge >= 0.3 is 0 Å². The van der Waals surface area contributed by atoms with Gasteiger partial charge in [-0.05, 0) is 20.3 Å². The first-order chi connectivity index (χ1) is 7.91. The topological polar surface area (TPSA) is 78.0 Å². The molecule has 0 saturated carbocycles. The lowest BCUT2D eigenvalue weighted by atomic mass is 10.2. The first kappa shape index (κ1) is 14.2. The number of nitrogens with two attached hydrogens (primary N) is 1. The molecule has 0 fully saturated rings. The Balaban J connectivity index is 2.65. The zero-order valence-corrected chi connectivity index (χ0v) is 11.5. The molecule has 6 heteroatoms. The Labute approximate surface area is 103 Å². The Morgan fingerprint density at radius 2 is 2.00 bits per heavy atom. The van der Waals surface area contributed by atoms with Crippen LogP contribution in [-0.4, -0.2) is 29.7 Å². The van der Waals surface area contributed by atoms with E-state index >= 15 is 0 Å². The number of hydrogen-bond donors (Lipinski definition) is 1. The monoisotopic (exact) mass is 259 g/mol. The maximum Gasteiger partial charge on any atom is 0.150 e. The van der Waals surface area contributed by atoms with Gasteiger partial charge < -0.3 is 5.73 Å². The van der Waals surface area contributed by atoms with E-state index in [1.807, 2.05) is 18.5 Å². The van der Waals surface area contributed by atoms with E-state index in [0.29, 0.717) is 19.5 Å². The summed E-state index contributed by atoms with van der Waals surface area (Å²) in [6.07, 6.45) is 0.599. The second-order valence-corrected chi connectivity index (χ2v) is 6.64. The largest absolute Gasteiger partial charge is 0.326 e. The summed E-state index contributed by atoms with van der Waals surface area (Å²) in [6, 6.07) is 0. The lowest BCUT2D eigenvalue weighted by Gasteiger charge is -2.05. The summed E-state index contributed by atoms with van der Waals surface area (Å²) >= 11 is 0. The highest BCUT2D eigenvalue weighted by Crippen LogP contribution is 2.12. The molecule has 1 rings (SSSR count). The molecule has 0 radical (unpaired) electrons. The molecule has 5 nitrogen and oxygen atoms in total. The lowest BCUT2D eigenvalue weighted by Crippen LogP contribution is -2.12. The molecule has 1 heterocycles. The van der Waals surface area contributed by atoms with E-state index in [0.717, 1.165) is 17.0 Å². The van der Waals surface area contributed by atoms with Gasteiger partial charge in [-0.25, -0.2) is 8.42 Å². The van der Waals surface area contributed by atoms with E-state index < -0.39 is 9.84 Å². The van der Waals surface area contributed by atoms with Crippen LogP contribution < -0.4 is 5.73 Å². The fourth-order valence-electron chi connectivity index (χ4n) is 1.83. The summed E-state index contributed by atoms with van der Waals surface area (Å²) < 4.78 is 24.6. The van der Waals surface area contributed by atoms with E-state index in [1.54, 1.807) is 6.92 Å². The van der Waals surface area contributed by atoms with E-state index in [-0.39, 0.29) is 11.5 Å². The first-order valence-corrected chi connectivity index (χ1v) is 7.66. The van der Waals surface area contributed by atoms with Crippen LogP contribution in [0.4, 0.5) is 0 Å². The van der Waals surface area contributed by atoms with Gasteiger partial charge in [0.1, 0.15) is 9.84 Å². The van der Waals surface area contributed by atoms with Crippen molar-refractivity contribution < 1.29 is 8.42 Å². The van der Waals surface area contributed by atoms with Crippen LogP contribution >= 0.6 is 0 Å². The van der Waals surface area contributed by atoms with Gasteiger partial charge in [0.15, 0.2) is 0 Å². The van der Waals surface area contributed by atoms with Crippen LogP contribution in [0.3, 0.4) is 0 Å². The third-order valence-corrected chi connectivity index (χ3v) is 4.79. The molecule has 0 bridgehead atoms. The second-order valence-electron chi connectivity index (χ2n) is 4.17. The van der Waals surface area contributed by atoms with Gasteiger partial charge in [-0.15, -0.1) is 0 Å². The van der Waals surface area contributed by atoms with Crippen molar-refractivity contribution >= 4 is 9.84 Å². The van der Waals surface area contributed by atoms with Crippen molar-refractivity contribution in [3.8, 4) is 0 Å². The van der Waals surface area contributed by atoms with Crippen molar-refractivity contribution in [3.05, 3.63) is 17.0 Å². The van der Waals surface area contributed by atoms with E-state index in [2.05, 4.69) is 5.10 Å².